The third-order valence-corrected chi connectivity index (χ3v) is 5.47. The summed E-state index contributed by atoms with van der Waals surface area (Å²) in [6.07, 6.45) is 5.40. The van der Waals surface area contributed by atoms with E-state index in [2.05, 4.69) is 43.9 Å². The predicted octanol–water partition coefficient (Wildman–Crippen LogP) is 2.61. The highest BCUT2D eigenvalue weighted by atomic mass is 32.1. The van der Waals surface area contributed by atoms with Gasteiger partial charge in [0, 0.05) is 43.5 Å². The first-order valence-electron chi connectivity index (χ1n) is 8.83. The molecule has 0 atom stereocenters. The Morgan fingerprint density at radius 3 is 2.88 bits per heavy atom. The maximum Gasteiger partial charge on any atom is 0.220 e. The Kier molecular flexibility index (Phi) is 6.22. The summed E-state index contributed by atoms with van der Waals surface area (Å²) in [5.41, 5.74) is 1.28. The van der Waals surface area contributed by atoms with Crippen LogP contribution in [0.5, 0.6) is 0 Å². The van der Waals surface area contributed by atoms with Gasteiger partial charge in [0.15, 0.2) is 0 Å². The van der Waals surface area contributed by atoms with Crippen molar-refractivity contribution in [2.75, 3.05) is 36.4 Å². The molecular weight excluding hydrogens is 334 g/mol. The van der Waals surface area contributed by atoms with Crippen LogP contribution in [0.3, 0.4) is 0 Å². The maximum absolute atomic E-state index is 11.9. The van der Waals surface area contributed by atoms with Gasteiger partial charge < -0.3 is 15.5 Å². The zero-order valence-corrected chi connectivity index (χ0v) is 15.4. The number of thiophene rings is 1. The lowest BCUT2D eigenvalue weighted by molar-refractivity contribution is -0.120. The van der Waals surface area contributed by atoms with Crippen LogP contribution in [0.15, 0.2) is 23.8 Å². The fourth-order valence-corrected chi connectivity index (χ4v) is 3.84. The van der Waals surface area contributed by atoms with Gasteiger partial charge in [0.25, 0.3) is 0 Å². The summed E-state index contributed by atoms with van der Waals surface area (Å²) < 4.78 is 0. The largest absolute Gasteiger partial charge is 0.368 e. The number of nitrogens with one attached hydrogen (secondary N) is 2. The number of hydrogen-bond donors (Lipinski definition) is 2. The van der Waals surface area contributed by atoms with Gasteiger partial charge in [-0.15, -0.1) is 11.3 Å². The Bertz CT molecular complexity index is 696. The van der Waals surface area contributed by atoms with Gasteiger partial charge in [-0.25, -0.2) is 9.97 Å². The molecule has 0 saturated carbocycles. The van der Waals surface area contributed by atoms with Crippen molar-refractivity contribution >= 4 is 28.9 Å². The zero-order chi connectivity index (χ0) is 17.5. The summed E-state index contributed by atoms with van der Waals surface area (Å²) in [5, 5.41) is 8.28. The molecule has 0 aromatic carbocycles. The van der Waals surface area contributed by atoms with E-state index in [0.29, 0.717) is 19.5 Å². The molecule has 1 saturated heterocycles. The van der Waals surface area contributed by atoms with Crippen molar-refractivity contribution in [2.45, 2.75) is 32.6 Å². The van der Waals surface area contributed by atoms with Crippen LogP contribution in [0.25, 0.3) is 0 Å². The van der Waals surface area contributed by atoms with Crippen LogP contribution in [0.4, 0.5) is 11.6 Å². The van der Waals surface area contributed by atoms with Gasteiger partial charge in [-0.2, -0.15) is 0 Å². The number of aryl methyl sites for hydroxylation is 2. The number of hydrogen-bond acceptors (Lipinski definition) is 6. The molecule has 1 aliphatic heterocycles. The molecule has 3 heterocycles. The monoisotopic (exact) mass is 359 g/mol. The molecule has 1 amide bonds. The van der Waals surface area contributed by atoms with Crippen molar-refractivity contribution in [3.8, 4) is 0 Å². The summed E-state index contributed by atoms with van der Waals surface area (Å²) in [4.78, 5) is 24.1. The minimum Gasteiger partial charge on any atom is -0.368 e. The van der Waals surface area contributed by atoms with Gasteiger partial charge in [0.1, 0.15) is 18.0 Å². The topological polar surface area (TPSA) is 70.2 Å². The van der Waals surface area contributed by atoms with Crippen LogP contribution in [0.1, 0.15) is 29.7 Å². The standard InChI is InChI=1S/C18H25N5OS/c1-14-6-11-25-15(14)4-5-18(24)20-8-7-19-16-12-17(22-13-21-16)23-9-2-3-10-23/h6,11-13H,2-5,7-10H2,1H3,(H,20,24)(H,19,21,22). The first kappa shape index (κ1) is 17.7. The van der Waals surface area contributed by atoms with Crippen molar-refractivity contribution in [1.29, 1.82) is 0 Å². The van der Waals surface area contributed by atoms with Crippen molar-refractivity contribution in [2.24, 2.45) is 0 Å². The molecule has 0 bridgehead atoms. The van der Waals surface area contributed by atoms with Crippen LogP contribution in [-0.4, -0.2) is 42.1 Å². The second-order valence-corrected chi connectivity index (χ2v) is 7.26. The van der Waals surface area contributed by atoms with Gasteiger partial charge >= 0.3 is 0 Å². The molecule has 2 aromatic rings. The molecule has 6 nitrogen and oxygen atoms in total. The molecule has 2 N–H and O–H groups in total. The number of nitrogens with zero attached hydrogens (tertiary/aromatic N) is 3. The van der Waals surface area contributed by atoms with Crippen LogP contribution < -0.4 is 15.5 Å². The molecule has 0 aliphatic carbocycles. The maximum atomic E-state index is 11.9. The SMILES string of the molecule is Cc1ccsc1CCC(=O)NCCNc1cc(N2CCCC2)ncn1. The second-order valence-electron chi connectivity index (χ2n) is 6.26. The minimum atomic E-state index is 0.0926. The molecule has 25 heavy (non-hydrogen) atoms. The Hall–Kier alpha value is -2.15. The van der Waals surface area contributed by atoms with Crippen molar-refractivity contribution < 1.29 is 4.79 Å². The zero-order valence-electron chi connectivity index (χ0n) is 14.6. The van der Waals surface area contributed by atoms with Crippen molar-refractivity contribution in [3.63, 3.8) is 0 Å². The lowest BCUT2D eigenvalue weighted by atomic mass is 10.2. The number of amides is 1. The normalized spacial score (nSPS) is 13.9. The van der Waals surface area contributed by atoms with E-state index in [9.17, 15) is 4.79 Å². The Labute approximate surface area is 152 Å². The summed E-state index contributed by atoms with van der Waals surface area (Å²) in [6.45, 7) is 5.46. The minimum absolute atomic E-state index is 0.0926. The van der Waals surface area contributed by atoms with Crippen LogP contribution in [0, 0.1) is 6.92 Å². The fourth-order valence-electron chi connectivity index (χ4n) is 2.93. The first-order chi connectivity index (χ1) is 12.2. The number of carbonyl (C=O) groups is 1. The summed E-state index contributed by atoms with van der Waals surface area (Å²) in [7, 11) is 0. The van der Waals surface area contributed by atoms with E-state index in [-0.39, 0.29) is 5.91 Å². The third-order valence-electron chi connectivity index (χ3n) is 4.38. The number of aromatic nitrogens is 2. The van der Waals surface area contributed by atoms with Gasteiger partial charge in [0.2, 0.25) is 5.91 Å². The number of carbonyl (C=O) groups excluding carboxylic acids is 1. The summed E-state index contributed by atoms with van der Waals surface area (Å²) in [5.74, 6) is 1.88. The first-order valence-corrected chi connectivity index (χ1v) is 9.71. The summed E-state index contributed by atoms with van der Waals surface area (Å²) >= 11 is 1.72. The molecule has 134 valence electrons. The van der Waals surface area contributed by atoms with Gasteiger partial charge in [0.05, 0.1) is 0 Å². The van der Waals surface area contributed by atoms with Gasteiger partial charge in [-0.05, 0) is 43.2 Å². The van der Waals surface area contributed by atoms with E-state index in [4.69, 9.17) is 0 Å². The van der Waals surface area contributed by atoms with E-state index in [0.717, 1.165) is 31.1 Å². The van der Waals surface area contributed by atoms with Crippen molar-refractivity contribution in [3.05, 3.63) is 34.3 Å². The Morgan fingerprint density at radius 2 is 2.12 bits per heavy atom. The van der Waals surface area contributed by atoms with Crippen LogP contribution >= 0.6 is 11.3 Å². The van der Waals surface area contributed by atoms with Gasteiger partial charge in [-0.1, -0.05) is 0 Å². The molecule has 2 aromatic heterocycles. The highest BCUT2D eigenvalue weighted by Crippen LogP contribution is 2.19. The van der Waals surface area contributed by atoms with E-state index in [1.807, 2.05) is 6.07 Å². The van der Waals surface area contributed by atoms with E-state index in [1.165, 1.54) is 23.3 Å². The van der Waals surface area contributed by atoms with E-state index < -0.39 is 0 Å². The van der Waals surface area contributed by atoms with Gasteiger partial charge in [-0.3, -0.25) is 4.79 Å². The molecular formula is C18H25N5OS. The molecule has 0 radical (unpaired) electrons. The molecule has 0 unspecified atom stereocenters. The smallest absolute Gasteiger partial charge is 0.220 e. The van der Waals surface area contributed by atoms with Crippen LogP contribution in [-0.2, 0) is 11.2 Å². The highest BCUT2D eigenvalue weighted by Gasteiger charge is 2.13. The molecule has 1 aliphatic rings. The quantitative estimate of drug-likeness (QED) is 0.709. The second kappa shape index (κ2) is 8.80. The lowest BCUT2D eigenvalue weighted by Gasteiger charge is -2.16. The third kappa shape index (κ3) is 5.16. The predicted molar refractivity (Wildman–Crippen MR) is 102 cm³/mol. The van der Waals surface area contributed by atoms with E-state index in [1.54, 1.807) is 17.7 Å². The number of anilines is 2. The molecule has 7 heteroatoms. The Morgan fingerprint density at radius 1 is 1.28 bits per heavy atom. The fraction of sp³-hybridized carbons (Fsp3) is 0.500. The van der Waals surface area contributed by atoms with Crippen molar-refractivity contribution in [1.82, 2.24) is 15.3 Å². The van der Waals surface area contributed by atoms with Crippen LogP contribution in [0.2, 0.25) is 0 Å². The average Bonchev–Trinajstić information content (AvgIpc) is 3.29. The summed E-state index contributed by atoms with van der Waals surface area (Å²) in [6, 6.07) is 4.08. The molecule has 3 rings (SSSR count). The molecule has 1 fully saturated rings. The number of rotatable bonds is 8. The van der Waals surface area contributed by atoms with E-state index >= 15 is 0 Å². The average molecular weight is 359 g/mol. The molecule has 0 spiro atoms. The Balaban J connectivity index is 1.36. The highest BCUT2D eigenvalue weighted by molar-refractivity contribution is 7.10. The lowest BCUT2D eigenvalue weighted by Crippen LogP contribution is -2.29.